The number of nitrogens with two attached hydrogens (primary N) is 1. The molecule has 0 radical (unpaired) electrons. The lowest BCUT2D eigenvalue weighted by Crippen LogP contribution is -2.48. The number of imidazole rings is 1. The molecule has 3 heterocycles. The topological polar surface area (TPSA) is 133 Å². The van der Waals surface area contributed by atoms with Crippen molar-refractivity contribution in [3.63, 3.8) is 0 Å². The number of nitrogens with one attached hydrogen (secondary N) is 1. The highest BCUT2D eigenvalue weighted by Crippen LogP contribution is 2.08. The molecule has 0 aliphatic heterocycles. The van der Waals surface area contributed by atoms with E-state index in [-0.39, 0.29) is 12.2 Å². The summed E-state index contributed by atoms with van der Waals surface area (Å²) >= 11 is 0. The van der Waals surface area contributed by atoms with E-state index >= 15 is 0 Å². The molecule has 0 aromatic carbocycles. The van der Waals surface area contributed by atoms with Gasteiger partial charge in [0.25, 0.3) is 11.8 Å². The monoisotopic (exact) mass is 364 g/mol. The minimum Gasteiger partial charge on any atom is -0.363 e. The van der Waals surface area contributed by atoms with Crippen molar-refractivity contribution >= 4 is 17.6 Å². The normalized spacial score (nSPS) is 11.6. The number of primary amides is 1. The van der Waals surface area contributed by atoms with Crippen LogP contribution >= 0.6 is 0 Å². The number of aromatic nitrogens is 4. The SMILES string of the molecule is NC(=O)C(=O)C(Cc1ccccn1)NC(=O)c1nccn1-c1ccccn1. The zero-order valence-corrected chi connectivity index (χ0v) is 14.1. The Labute approximate surface area is 154 Å². The van der Waals surface area contributed by atoms with E-state index in [9.17, 15) is 14.4 Å². The summed E-state index contributed by atoms with van der Waals surface area (Å²) in [5.41, 5.74) is 5.65. The van der Waals surface area contributed by atoms with Crippen LogP contribution in [-0.4, -0.2) is 43.2 Å². The standard InChI is InChI=1S/C18H16N6O3/c19-16(26)15(25)13(11-12-5-1-3-7-20-12)23-18(27)17-22-9-10-24(17)14-6-2-4-8-21-14/h1-10,13H,11H2,(H2,19,26)(H,23,27). The fourth-order valence-corrected chi connectivity index (χ4v) is 2.48. The first-order chi connectivity index (χ1) is 13.1. The molecule has 3 rings (SSSR count). The van der Waals surface area contributed by atoms with Gasteiger partial charge in [0.15, 0.2) is 0 Å². The molecule has 0 saturated carbocycles. The Kier molecular flexibility index (Phi) is 5.31. The zero-order valence-electron chi connectivity index (χ0n) is 14.1. The molecule has 2 amide bonds. The summed E-state index contributed by atoms with van der Waals surface area (Å²) in [7, 11) is 0. The first-order valence-electron chi connectivity index (χ1n) is 8.05. The summed E-state index contributed by atoms with van der Waals surface area (Å²) in [5.74, 6) is -2.17. The Morgan fingerprint density at radius 2 is 1.74 bits per heavy atom. The lowest BCUT2D eigenvalue weighted by molar-refractivity contribution is -0.137. The van der Waals surface area contributed by atoms with Crippen LogP contribution in [0.2, 0.25) is 0 Å². The van der Waals surface area contributed by atoms with Crippen LogP contribution in [0.25, 0.3) is 5.82 Å². The molecule has 9 heteroatoms. The predicted molar refractivity (Wildman–Crippen MR) is 94.8 cm³/mol. The number of carbonyl (C=O) groups is 3. The molecule has 3 aromatic rings. The van der Waals surface area contributed by atoms with Gasteiger partial charge < -0.3 is 11.1 Å². The summed E-state index contributed by atoms with van der Waals surface area (Å²) in [6, 6.07) is 9.21. The molecule has 1 unspecified atom stereocenters. The minimum absolute atomic E-state index is 0.0250. The number of ketones is 1. The number of Topliss-reactive ketones (excluding diaryl/α,β-unsaturated/α-hetero) is 1. The molecule has 136 valence electrons. The van der Waals surface area contributed by atoms with E-state index in [1.54, 1.807) is 55.0 Å². The molecule has 0 aliphatic carbocycles. The van der Waals surface area contributed by atoms with Crippen LogP contribution < -0.4 is 11.1 Å². The molecule has 0 fully saturated rings. The van der Waals surface area contributed by atoms with E-state index in [1.807, 2.05) is 0 Å². The third-order valence-corrected chi connectivity index (χ3v) is 3.74. The van der Waals surface area contributed by atoms with Crippen molar-refractivity contribution in [3.05, 3.63) is 72.7 Å². The molecule has 9 nitrogen and oxygen atoms in total. The molecular weight excluding hydrogens is 348 g/mol. The summed E-state index contributed by atoms with van der Waals surface area (Å²) in [6.07, 6.45) is 6.17. The predicted octanol–water partition coefficient (Wildman–Crippen LogP) is 0.0578. The van der Waals surface area contributed by atoms with Gasteiger partial charge in [0.05, 0.1) is 0 Å². The van der Waals surface area contributed by atoms with Crippen molar-refractivity contribution in [2.45, 2.75) is 12.5 Å². The van der Waals surface area contributed by atoms with Crippen LogP contribution in [0.15, 0.2) is 61.2 Å². The Morgan fingerprint density at radius 3 is 2.37 bits per heavy atom. The lowest BCUT2D eigenvalue weighted by Gasteiger charge is -2.16. The Balaban J connectivity index is 1.84. The summed E-state index contributed by atoms with van der Waals surface area (Å²) < 4.78 is 1.47. The van der Waals surface area contributed by atoms with Gasteiger partial charge >= 0.3 is 0 Å². The van der Waals surface area contributed by atoms with Crippen molar-refractivity contribution in [1.82, 2.24) is 24.8 Å². The average Bonchev–Trinajstić information content (AvgIpc) is 3.18. The third-order valence-electron chi connectivity index (χ3n) is 3.74. The maximum atomic E-state index is 12.7. The van der Waals surface area contributed by atoms with Crippen molar-refractivity contribution in [2.75, 3.05) is 0 Å². The van der Waals surface area contributed by atoms with E-state index in [0.29, 0.717) is 11.5 Å². The van der Waals surface area contributed by atoms with Crippen LogP contribution in [-0.2, 0) is 16.0 Å². The average molecular weight is 364 g/mol. The lowest BCUT2D eigenvalue weighted by atomic mass is 10.1. The largest absolute Gasteiger partial charge is 0.363 e. The van der Waals surface area contributed by atoms with Gasteiger partial charge in [-0.15, -0.1) is 0 Å². The summed E-state index contributed by atoms with van der Waals surface area (Å²) in [6.45, 7) is 0. The number of rotatable bonds is 7. The molecule has 3 N–H and O–H groups in total. The molecule has 0 spiro atoms. The number of hydrogen-bond acceptors (Lipinski definition) is 6. The van der Waals surface area contributed by atoms with E-state index in [0.717, 1.165) is 0 Å². The van der Waals surface area contributed by atoms with Crippen LogP contribution in [0.4, 0.5) is 0 Å². The molecule has 1 atom stereocenters. The van der Waals surface area contributed by atoms with Crippen LogP contribution in [0, 0.1) is 0 Å². The molecule has 0 saturated heterocycles. The smallest absolute Gasteiger partial charge is 0.288 e. The Morgan fingerprint density at radius 1 is 1.00 bits per heavy atom. The first-order valence-corrected chi connectivity index (χ1v) is 8.05. The van der Waals surface area contributed by atoms with Gasteiger partial charge in [0.2, 0.25) is 11.6 Å². The van der Waals surface area contributed by atoms with Gasteiger partial charge in [0, 0.05) is 36.9 Å². The number of hydrogen-bond donors (Lipinski definition) is 2. The maximum Gasteiger partial charge on any atom is 0.288 e. The van der Waals surface area contributed by atoms with Gasteiger partial charge in [-0.05, 0) is 24.3 Å². The number of nitrogens with zero attached hydrogens (tertiary/aromatic N) is 4. The number of pyridine rings is 2. The Bertz CT molecular complexity index is 955. The van der Waals surface area contributed by atoms with Crippen LogP contribution in [0.5, 0.6) is 0 Å². The number of carbonyl (C=O) groups excluding carboxylic acids is 3. The van der Waals surface area contributed by atoms with E-state index in [1.165, 1.54) is 10.8 Å². The Hall–Kier alpha value is -3.88. The van der Waals surface area contributed by atoms with Gasteiger partial charge in [0.1, 0.15) is 11.9 Å². The fraction of sp³-hybridized carbons (Fsp3) is 0.111. The van der Waals surface area contributed by atoms with Crippen molar-refractivity contribution in [2.24, 2.45) is 5.73 Å². The quantitative estimate of drug-likeness (QED) is 0.570. The minimum atomic E-state index is -1.15. The summed E-state index contributed by atoms with van der Waals surface area (Å²) in [5, 5.41) is 2.52. The molecule has 0 aliphatic rings. The van der Waals surface area contributed by atoms with E-state index in [2.05, 4.69) is 20.3 Å². The second-order valence-corrected chi connectivity index (χ2v) is 5.59. The number of amides is 2. The summed E-state index contributed by atoms with van der Waals surface area (Å²) in [4.78, 5) is 48.5. The molecular formula is C18H16N6O3. The molecule has 27 heavy (non-hydrogen) atoms. The first kappa shape index (κ1) is 17.9. The second-order valence-electron chi connectivity index (χ2n) is 5.59. The van der Waals surface area contributed by atoms with E-state index in [4.69, 9.17) is 5.73 Å². The van der Waals surface area contributed by atoms with Gasteiger partial charge in [-0.25, -0.2) is 9.97 Å². The van der Waals surface area contributed by atoms with Crippen molar-refractivity contribution in [1.29, 1.82) is 0 Å². The van der Waals surface area contributed by atoms with E-state index < -0.39 is 23.6 Å². The van der Waals surface area contributed by atoms with Gasteiger partial charge in [-0.1, -0.05) is 12.1 Å². The second kappa shape index (κ2) is 8.00. The highest BCUT2D eigenvalue weighted by Gasteiger charge is 2.27. The molecule has 3 aromatic heterocycles. The maximum absolute atomic E-state index is 12.7. The van der Waals surface area contributed by atoms with Gasteiger partial charge in [-0.2, -0.15) is 0 Å². The van der Waals surface area contributed by atoms with Crippen LogP contribution in [0.1, 0.15) is 16.3 Å². The van der Waals surface area contributed by atoms with Gasteiger partial charge in [-0.3, -0.25) is 23.9 Å². The third kappa shape index (κ3) is 4.21. The highest BCUT2D eigenvalue weighted by molar-refractivity contribution is 6.38. The molecule has 0 bridgehead atoms. The van der Waals surface area contributed by atoms with Crippen molar-refractivity contribution < 1.29 is 14.4 Å². The fourth-order valence-electron chi connectivity index (χ4n) is 2.48. The highest BCUT2D eigenvalue weighted by atomic mass is 16.2. The van der Waals surface area contributed by atoms with Crippen LogP contribution in [0.3, 0.4) is 0 Å². The zero-order chi connectivity index (χ0) is 19.2. The van der Waals surface area contributed by atoms with Crippen molar-refractivity contribution in [3.8, 4) is 5.82 Å².